The van der Waals surface area contributed by atoms with Gasteiger partial charge in [-0.15, -0.1) is 0 Å². The molecule has 1 aromatic carbocycles. The van der Waals surface area contributed by atoms with Gasteiger partial charge in [0.1, 0.15) is 11.9 Å². The van der Waals surface area contributed by atoms with E-state index in [1.54, 1.807) is 0 Å². The van der Waals surface area contributed by atoms with E-state index in [1.807, 2.05) is 24.3 Å². The lowest BCUT2D eigenvalue weighted by atomic mass is 9.64. The molecule has 0 unspecified atom stereocenters. The summed E-state index contributed by atoms with van der Waals surface area (Å²) in [6.07, 6.45) is 5.33. The molecule has 0 heterocycles. The molecule has 0 aliphatic heterocycles. The molecule has 0 spiro atoms. The molecule has 2 N–H and O–H groups in total. The van der Waals surface area contributed by atoms with E-state index < -0.39 is 0 Å². The van der Waals surface area contributed by atoms with Crippen LogP contribution < -0.4 is 10.1 Å². The van der Waals surface area contributed by atoms with Crippen LogP contribution >= 0.6 is 0 Å². The highest BCUT2D eigenvalue weighted by Crippen LogP contribution is 2.45. The van der Waals surface area contributed by atoms with Gasteiger partial charge in [0.2, 0.25) is 5.91 Å². The Balaban J connectivity index is 1.52. The zero-order chi connectivity index (χ0) is 16.4. The Morgan fingerprint density at radius 1 is 1.17 bits per heavy atom. The predicted octanol–water partition coefficient (Wildman–Crippen LogP) is 3.74. The highest BCUT2D eigenvalue weighted by Gasteiger charge is 2.40. The molecule has 1 aromatic rings. The first-order valence-electron chi connectivity index (χ1n) is 8.69. The quantitative estimate of drug-likeness (QED) is 0.889. The molecular formula is C19H27NO3. The van der Waals surface area contributed by atoms with Gasteiger partial charge < -0.3 is 15.2 Å². The van der Waals surface area contributed by atoms with E-state index in [1.165, 1.54) is 0 Å². The lowest BCUT2D eigenvalue weighted by molar-refractivity contribution is -0.126. The molecule has 2 fully saturated rings. The number of aliphatic hydroxyl groups is 1. The van der Waals surface area contributed by atoms with Crippen LogP contribution in [0.5, 0.6) is 5.75 Å². The van der Waals surface area contributed by atoms with Crippen molar-refractivity contribution in [1.82, 2.24) is 0 Å². The smallest absolute Gasteiger partial charge is 0.227 e. The minimum Gasteiger partial charge on any atom is -0.488 e. The number of carbonyl (C=O) groups excluding carboxylic acids is 1. The van der Waals surface area contributed by atoms with Gasteiger partial charge in [-0.2, -0.15) is 0 Å². The number of rotatable bonds is 4. The zero-order valence-corrected chi connectivity index (χ0v) is 14.0. The molecule has 0 bridgehead atoms. The highest BCUT2D eigenvalue weighted by atomic mass is 16.5. The molecule has 1 amide bonds. The maximum atomic E-state index is 12.2. The number of anilines is 1. The minimum atomic E-state index is -0.370. The predicted molar refractivity (Wildman–Crippen MR) is 90.5 cm³/mol. The summed E-state index contributed by atoms with van der Waals surface area (Å²) in [6.45, 7) is 4.39. The van der Waals surface area contributed by atoms with Crippen LogP contribution in [0.25, 0.3) is 0 Å². The second-order valence-electron chi connectivity index (χ2n) is 7.79. The Bertz CT molecular complexity index is 544. The van der Waals surface area contributed by atoms with Gasteiger partial charge >= 0.3 is 0 Å². The summed E-state index contributed by atoms with van der Waals surface area (Å²) in [5.41, 5.74) is 1.11. The van der Waals surface area contributed by atoms with Gasteiger partial charge in [0, 0.05) is 11.6 Å². The second-order valence-corrected chi connectivity index (χ2v) is 7.79. The largest absolute Gasteiger partial charge is 0.488 e. The number of aliphatic hydroxyl groups excluding tert-OH is 1. The van der Waals surface area contributed by atoms with Gasteiger partial charge in [-0.1, -0.05) is 20.3 Å². The fourth-order valence-electron chi connectivity index (χ4n) is 3.71. The van der Waals surface area contributed by atoms with E-state index in [0.29, 0.717) is 5.41 Å². The summed E-state index contributed by atoms with van der Waals surface area (Å²) in [7, 11) is 0. The van der Waals surface area contributed by atoms with Crippen molar-refractivity contribution in [2.45, 2.75) is 64.6 Å². The average molecular weight is 317 g/mol. The second kappa shape index (κ2) is 6.52. The van der Waals surface area contributed by atoms with Crippen molar-refractivity contribution in [3.8, 4) is 5.75 Å². The first-order valence-corrected chi connectivity index (χ1v) is 8.69. The first kappa shape index (κ1) is 16.3. The summed E-state index contributed by atoms with van der Waals surface area (Å²) >= 11 is 0. The molecule has 2 atom stereocenters. The number of carbonyl (C=O) groups is 1. The van der Waals surface area contributed by atoms with E-state index in [2.05, 4.69) is 19.2 Å². The van der Waals surface area contributed by atoms with E-state index >= 15 is 0 Å². The highest BCUT2D eigenvalue weighted by molar-refractivity contribution is 5.93. The summed E-state index contributed by atoms with van der Waals surface area (Å²) < 4.78 is 5.87. The fraction of sp³-hybridized carbons (Fsp3) is 0.632. The number of amides is 1. The number of benzene rings is 1. The van der Waals surface area contributed by atoms with Crippen LogP contribution in [-0.4, -0.2) is 23.2 Å². The van der Waals surface area contributed by atoms with Gasteiger partial charge in [0.25, 0.3) is 0 Å². The van der Waals surface area contributed by atoms with Crippen molar-refractivity contribution in [3.63, 3.8) is 0 Å². The van der Waals surface area contributed by atoms with E-state index in [-0.39, 0.29) is 24.0 Å². The Labute approximate surface area is 138 Å². The van der Waals surface area contributed by atoms with Gasteiger partial charge in [0.15, 0.2) is 0 Å². The molecule has 2 aliphatic rings. The minimum absolute atomic E-state index is 0.110. The van der Waals surface area contributed by atoms with Crippen molar-refractivity contribution in [1.29, 1.82) is 0 Å². The van der Waals surface area contributed by atoms with Crippen molar-refractivity contribution in [3.05, 3.63) is 24.3 Å². The van der Waals surface area contributed by atoms with Gasteiger partial charge in [-0.3, -0.25) is 4.79 Å². The SMILES string of the molecule is CC1(C)CC(C(=O)Nc2ccc(O[C@@H]3CCCC[C@H]3O)cc2)C1. The van der Waals surface area contributed by atoms with Crippen molar-refractivity contribution < 1.29 is 14.6 Å². The molecule has 23 heavy (non-hydrogen) atoms. The molecule has 4 heteroatoms. The van der Waals surface area contributed by atoms with Crippen LogP contribution in [-0.2, 0) is 4.79 Å². The lowest BCUT2D eigenvalue weighted by Gasteiger charge is -2.41. The van der Waals surface area contributed by atoms with Gasteiger partial charge in [-0.05, 0) is 61.8 Å². The third-order valence-corrected chi connectivity index (χ3v) is 5.05. The monoisotopic (exact) mass is 317 g/mol. The Morgan fingerprint density at radius 3 is 2.43 bits per heavy atom. The van der Waals surface area contributed by atoms with Crippen LogP contribution in [0, 0.1) is 11.3 Å². The molecule has 3 rings (SSSR count). The molecule has 0 radical (unpaired) electrons. The Morgan fingerprint density at radius 2 is 1.83 bits per heavy atom. The maximum absolute atomic E-state index is 12.2. The third kappa shape index (κ3) is 4.05. The Hall–Kier alpha value is -1.55. The lowest BCUT2D eigenvalue weighted by Crippen LogP contribution is -2.39. The van der Waals surface area contributed by atoms with Crippen LogP contribution in [0.15, 0.2) is 24.3 Å². The normalized spacial score (nSPS) is 27.1. The Kier molecular flexibility index (Phi) is 4.62. The molecule has 2 saturated carbocycles. The molecule has 0 saturated heterocycles. The molecule has 2 aliphatic carbocycles. The number of hydrogen-bond acceptors (Lipinski definition) is 3. The van der Waals surface area contributed by atoms with E-state index in [0.717, 1.165) is 50.0 Å². The van der Waals surface area contributed by atoms with Crippen LogP contribution in [0.4, 0.5) is 5.69 Å². The summed E-state index contributed by atoms with van der Waals surface area (Å²) in [4.78, 5) is 12.2. The van der Waals surface area contributed by atoms with Crippen molar-refractivity contribution in [2.75, 3.05) is 5.32 Å². The van der Waals surface area contributed by atoms with Crippen LogP contribution in [0.3, 0.4) is 0 Å². The van der Waals surface area contributed by atoms with Crippen molar-refractivity contribution in [2.24, 2.45) is 11.3 Å². The van der Waals surface area contributed by atoms with Gasteiger partial charge in [0.05, 0.1) is 6.10 Å². The maximum Gasteiger partial charge on any atom is 0.227 e. The summed E-state index contributed by atoms with van der Waals surface area (Å²) in [5.74, 6) is 0.998. The first-order chi connectivity index (χ1) is 10.9. The van der Waals surface area contributed by atoms with Crippen LogP contribution in [0.2, 0.25) is 0 Å². The number of nitrogens with one attached hydrogen (secondary N) is 1. The van der Waals surface area contributed by atoms with E-state index in [9.17, 15) is 9.90 Å². The molecule has 126 valence electrons. The zero-order valence-electron chi connectivity index (χ0n) is 14.0. The number of hydrogen-bond donors (Lipinski definition) is 2. The third-order valence-electron chi connectivity index (χ3n) is 5.05. The number of ether oxygens (including phenoxy) is 1. The van der Waals surface area contributed by atoms with E-state index in [4.69, 9.17) is 4.74 Å². The molecule has 0 aromatic heterocycles. The standard InChI is InChI=1S/C19H27NO3/c1-19(2)11-13(12-19)18(22)20-14-7-9-15(10-8-14)23-17-6-4-3-5-16(17)21/h7-10,13,16-17,21H,3-6,11-12H2,1-2H3,(H,20,22)/t16-,17-/m1/s1. The molecular weight excluding hydrogens is 290 g/mol. The fourth-order valence-corrected chi connectivity index (χ4v) is 3.71. The summed E-state index contributed by atoms with van der Waals surface area (Å²) in [6, 6.07) is 7.46. The topological polar surface area (TPSA) is 58.6 Å². The molecule has 4 nitrogen and oxygen atoms in total. The van der Waals surface area contributed by atoms with Crippen molar-refractivity contribution >= 4 is 11.6 Å². The average Bonchev–Trinajstić information content (AvgIpc) is 2.49. The van der Waals surface area contributed by atoms with Gasteiger partial charge in [-0.25, -0.2) is 0 Å². The summed E-state index contributed by atoms with van der Waals surface area (Å²) in [5, 5.41) is 12.9. The van der Waals surface area contributed by atoms with Crippen LogP contribution in [0.1, 0.15) is 52.4 Å².